The molecule has 2 aliphatic rings. The summed E-state index contributed by atoms with van der Waals surface area (Å²) in [6.45, 7) is 1.14. The Kier molecular flexibility index (Phi) is 4.39. The second-order valence-corrected chi connectivity index (χ2v) is 6.55. The quantitative estimate of drug-likeness (QED) is 0.831. The highest BCUT2D eigenvalue weighted by molar-refractivity contribution is 6.04. The van der Waals surface area contributed by atoms with Crippen LogP contribution in [0.3, 0.4) is 0 Å². The number of halogens is 1. The van der Waals surface area contributed by atoms with Crippen molar-refractivity contribution in [2.75, 3.05) is 20.2 Å². The second-order valence-electron chi connectivity index (χ2n) is 6.55. The number of nitrogens with one attached hydrogen (secondary N) is 1. The number of hydrogen-bond acceptors (Lipinski definition) is 4. The molecule has 2 aromatic carbocycles. The first-order chi connectivity index (χ1) is 13.1. The largest absolute Gasteiger partial charge is 0.468 e. The lowest BCUT2D eigenvalue weighted by Crippen LogP contribution is -2.41. The van der Waals surface area contributed by atoms with Gasteiger partial charge in [-0.15, -0.1) is 0 Å². The molecule has 2 aliphatic heterocycles. The van der Waals surface area contributed by atoms with Gasteiger partial charge in [0.15, 0.2) is 0 Å². The highest BCUT2D eigenvalue weighted by Crippen LogP contribution is 2.41. The van der Waals surface area contributed by atoms with Gasteiger partial charge in [0, 0.05) is 18.7 Å². The molecule has 1 amide bonds. The zero-order valence-electron chi connectivity index (χ0n) is 14.9. The van der Waals surface area contributed by atoms with Crippen LogP contribution in [-0.4, -0.2) is 37.0 Å². The van der Waals surface area contributed by atoms with E-state index in [4.69, 9.17) is 4.74 Å². The van der Waals surface area contributed by atoms with Gasteiger partial charge in [-0.3, -0.25) is 9.59 Å². The summed E-state index contributed by atoms with van der Waals surface area (Å²) in [5.41, 5.74) is 3.08. The molecule has 0 aliphatic carbocycles. The van der Waals surface area contributed by atoms with Crippen molar-refractivity contribution in [2.45, 2.75) is 12.3 Å². The van der Waals surface area contributed by atoms with Gasteiger partial charge in [0.25, 0.3) is 5.91 Å². The van der Waals surface area contributed by atoms with E-state index in [2.05, 4.69) is 5.32 Å². The Morgan fingerprint density at radius 3 is 2.67 bits per heavy atom. The van der Waals surface area contributed by atoms with Gasteiger partial charge in [-0.2, -0.15) is 0 Å². The van der Waals surface area contributed by atoms with E-state index in [0.29, 0.717) is 35.6 Å². The van der Waals surface area contributed by atoms with Gasteiger partial charge < -0.3 is 15.0 Å². The predicted molar refractivity (Wildman–Crippen MR) is 98.2 cm³/mol. The minimum Gasteiger partial charge on any atom is -0.468 e. The Morgan fingerprint density at radius 2 is 1.93 bits per heavy atom. The number of hydrogen-bond donors (Lipinski definition) is 1. The molecule has 0 spiro atoms. The summed E-state index contributed by atoms with van der Waals surface area (Å²) >= 11 is 0. The Labute approximate surface area is 156 Å². The maximum absolute atomic E-state index is 13.4. The Hall–Kier alpha value is -3.15. The number of fused-ring (bicyclic) bond motifs is 2. The average Bonchev–Trinajstić information content (AvgIpc) is 2.92. The van der Waals surface area contributed by atoms with E-state index in [1.54, 1.807) is 41.3 Å². The summed E-state index contributed by atoms with van der Waals surface area (Å²) in [6, 6.07) is 13.1. The summed E-state index contributed by atoms with van der Waals surface area (Å²) in [5.74, 6) is -1.64. The zero-order chi connectivity index (χ0) is 19.0. The van der Waals surface area contributed by atoms with E-state index in [-0.39, 0.29) is 11.7 Å². The van der Waals surface area contributed by atoms with Crippen molar-refractivity contribution >= 4 is 17.6 Å². The molecule has 6 heteroatoms. The maximum Gasteiger partial charge on any atom is 0.319 e. The van der Waals surface area contributed by atoms with Gasteiger partial charge in [-0.1, -0.05) is 18.2 Å². The fraction of sp³-hybridized carbons (Fsp3) is 0.238. The van der Waals surface area contributed by atoms with Gasteiger partial charge in [0.05, 0.1) is 18.5 Å². The highest BCUT2D eigenvalue weighted by Gasteiger charge is 2.42. The molecule has 2 heterocycles. The number of carbonyl (C=O) groups is 2. The molecule has 0 aromatic heterocycles. The van der Waals surface area contributed by atoms with Crippen LogP contribution in [0.4, 0.5) is 4.39 Å². The molecule has 1 atom stereocenters. The summed E-state index contributed by atoms with van der Waals surface area (Å²) < 4.78 is 18.5. The first kappa shape index (κ1) is 17.3. The van der Waals surface area contributed by atoms with Crippen molar-refractivity contribution in [1.82, 2.24) is 10.2 Å². The van der Waals surface area contributed by atoms with E-state index >= 15 is 0 Å². The Bertz CT molecular complexity index is 937. The predicted octanol–water partition coefficient (Wildman–Crippen LogP) is 2.90. The van der Waals surface area contributed by atoms with Gasteiger partial charge in [-0.05, 0) is 47.9 Å². The van der Waals surface area contributed by atoms with Crippen LogP contribution in [0.15, 0.2) is 54.2 Å². The molecule has 0 saturated carbocycles. The lowest BCUT2D eigenvalue weighted by Gasteiger charge is -2.36. The van der Waals surface area contributed by atoms with Crippen molar-refractivity contribution in [2.24, 2.45) is 0 Å². The molecule has 0 fully saturated rings. The molecule has 138 valence electrons. The van der Waals surface area contributed by atoms with Crippen molar-refractivity contribution < 1.29 is 18.7 Å². The summed E-state index contributed by atoms with van der Waals surface area (Å²) in [4.78, 5) is 27.6. The fourth-order valence-electron chi connectivity index (χ4n) is 3.77. The maximum atomic E-state index is 13.4. The smallest absolute Gasteiger partial charge is 0.319 e. The van der Waals surface area contributed by atoms with E-state index in [1.807, 2.05) is 0 Å². The van der Waals surface area contributed by atoms with Crippen LogP contribution >= 0.6 is 0 Å². The summed E-state index contributed by atoms with van der Waals surface area (Å²) in [7, 11) is 1.34. The normalized spacial score (nSPS) is 19.0. The van der Waals surface area contributed by atoms with Crippen molar-refractivity contribution in [3.63, 3.8) is 0 Å². The van der Waals surface area contributed by atoms with Crippen LogP contribution in [0.5, 0.6) is 0 Å². The zero-order valence-corrected chi connectivity index (χ0v) is 14.9. The number of benzene rings is 2. The van der Waals surface area contributed by atoms with Crippen molar-refractivity contribution in [3.05, 3.63) is 76.7 Å². The molecule has 1 N–H and O–H groups in total. The molecule has 27 heavy (non-hydrogen) atoms. The number of methoxy groups -OCH3 is 1. The second kappa shape index (κ2) is 6.87. The van der Waals surface area contributed by atoms with Crippen LogP contribution in [0.1, 0.15) is 33.8 Å². The highest BCUT2D eigenvalue weighted by atomic mass is 19.1. The van der Waals surface area contributed by atoms with Crippen LogP contribution in [-0.2, 0) is 9.53 Å². The lowest BCUT2D eigenvalue weighted by atomic mass is 9.84. The number of amides is 1. The minimum absolute atomic E-state index is 0.135. The molecule has 0 radical (unpaired) electrons. The van der Waals surface area contributed by atoms with Gasteiger partial charge in [0.2, 0.25) is 0 Å². The summed E-state index contributed by atoms with van der Waals surface area (Å²) in [5, 5.41) is 3.33. The SMILES string of the molecule is COC(=O)C1C2=C(c3ccc(F)cc3)NCCCN2C(=O)c2ccccc21. The van der Waals surface area contributed by atoms with Crippen LogP contribution in [0.2, 0.25) is 0 Å². The third-order valence-electron chi connectivity index (χ3n) is 5.00. The van der Waals surface area contributed by atoms with E-state index in [0.717, 1.165) is 12.0 Å². The molecule has 0 bridgehead atoms. The summed E-state index contributed by atoms with van der Waals surface area (Å²) in [6.07, 6.45) is 0.732. The molecule has 2 aromatic rings. The third-order valence-corrected chi connectivity index (χ3v) is 5.00. The van der Waals surface area contributed by atoms with Crippen LogP contribution in [0.25, 0.3) is 5.70 Å². The minimum atomic E-state index is -0.727. The van der Waals surface area contributed by atoms with E-state index in [9.17, 15) is 14.0 Å². The van der Waals surface area contributed by atoms with Crippen LogP contribution in [0, 0.1) is 5.82 Å². The molecule has 4 rings (SSSR count). The average molecular weight is 366 g/mol. The monoisotopic (exact) mass is 366 g/mol. The molecule has 0 saturated heterocycles. The van der Waals surface area contributed by atoms with Crippen molar-refractivity contribution in [3.8, 4) is 0 Å². The van der Waals surface area contributed by atoms with Crippen LogP contribution < -0.4 is 5.32 Å². The number of esters is 1. The van der Waals surface area contributed by atoms with Gasteiger partial charge in [-0.25, -0.2) is 4.39 Å². The van der Waals surface area contributed by atoms with Gasteiger partial charge >= 0.3 is 5.97 Å². The molecular weight excluding hydrogens is 347 g/mol. The molecule has 1 unspecified atom stereocenters. The molecular formula is C21H19FN2O3. The van der Waals surface area contributed by atoms with Crippen molar-refractivity contribution in [1.29, 1.82) is 0 Å². The lowest BCUT2D eigenvalue weighted by molar-refractivity contribution is -0.141. The number of carbonyl (C=O) groups excluding carboxylic acids is 2. The Balaban J connectivity index is 2.00. The first-order valence-electron chi connectivity index (χ1n) is 8.84. The standard InChI is InChI=1S/C21H19FN2O3/c1-27-21(26)17-15-5-2-3-6-16(15)20(25)24-12-4-11-23-18(19(17)24)13-7-9-14(22)10-8-13/h2-3,5-10,17,23H,4,11-12H2,1H3. The Morgan fingerprint density at radius 1 is 1.19 bits per heavy atom. The number of rotatable bonds is 2. The van der Waals surface area contributed by atoms with E-state index < -0.39 is 11.9 Å². The fourth-order valence-corrected chi connectivity index (χ4v) is 3.77. The third kappa shape index (κ3) is 2.87. The number of ether oxygens (including phenoxy) is 1. The molecule has 5 nitrogen and oxygen atoms in total. The number of nitrogens with zero attached hydrogens (tertiary/aromatic N) is 1. The van der Waals surface area contributed by atoms with Gasteiger partial charge in [0.1, 0.15) is 11.7 Å². The first-order valence-corrected chi connectivity index (χ1v) is 8.84. The topological polar surface area (TPSA) is 58.6 Å². The van der Waals surface area contributed by atoms with E-state index in [1.165, 1.54) is 19.2 Å².